The van der Waals surface area contributed by atoms with Gasteiger partial charge in [0.25, 0.3) is 0 Å². The zero-order chi connectivity index (χ0) is 9.84. The summed E-state index contributed by atoms with van der Waals surface area (Å²) in [5.41, 5.74) is 5.81. The van der Waals surface area contributed by atoms with Gasteiger partial charge < -0.3 is 10.6 Å². The van der Waals surface area contributed by atoms with Crippen molar-refractivity contribution in [3.63, 3.8) is 0 Å². The zero-order valence-corrected chi connectivity index (χ0v) is 8.62. The van der Waals surface area contributed by atoms with Crippen molar-refractivity contribution in [2.24, 2.45) is 11.7 Å². The number of hydrogen-bond acceptors (Lipinski definition) is 2. The molecular weight excluding hydrogens is 164 g/mol. The van der Waals surface area contributed by atoms with E-state index in [2.05, 4.69) is 0 Å². The van der Waals surface area contributed by atoms with Crippen LogP contribution in [-0.2, 0) is 4.79 Å². The first-order valence-corrected chi connectivity index (χ1v) is 5.08. The minimum absolute atomic E-state index is 0.0619. The number of carbonyl (C=O) groups is 1. The van der Waals surface area contributed by atoms with Crippen LogP contribution in [-0.4, -0.2) is 30.9 Å². The molecule has 2 N–H and O–H groups in total. The number of nitrogens with two attached hydrogens (primary N) is 1. The Hall–Kier alpha value is -0.570. The van der Waals surface area contributed by atoms with Crippen LogP contribution in [0.3, 0.4) is 0 Å². The molecule has 1 rings (SSSR count). The monoisotopic (exact) mass is 184 g/mol. The fraction of sp³-hybridized carbons (Fsp3) is 0.900. The van der Waals surface area contributed by atoms with Gasteiger partial charge in [-0.25, -0.2) is 0 Å². The van der Waals surface area contributed by atoms with Crippen molar-refractivity contribution in [1.82, 2.24) is 4.90 Å². The van der Waals surface area contributed by atoms with Gasteiger partial charge in [-0.2, -0.15) is 0 Å². The Labute approximate surface area is 80.3 Å². The van der Waals surface area contributed by atoms with E-state index in [9.17, 15) is 4.79 Å². The van der Waals surface area contributed by atoms with E-state index in [0.29, 0.717) is 5.92 Å². The second-order valence-corrected chi connectivity index (χ2v) is 4.23. The molecule has 3 heteroatoms. The molecule has 1 atom stereocenters. The molecule has 0 aromatic rings. The number of hydrogen-bond donors (Lipinski definition) is 1. The van der Waals surface area contributed by atoms with Crippen LogP contribution < -0.4 is 5.73 Å². The Bertz CT molecular complexity index is 174. The van der Waals surface area contributed by atoms with Crippen LogP contribution in [0.2, 0.25) is 0 Å². The first-order valence-electron chi connectivity index (χ1n) is 5.08. The molecular formula is C10H20N2O. The average Bonchev–Trinajstić information content (AvgIpc) is 2.55. The molecule has 1 saturated carbocycles. The third-order valence-corrected chi connectivity index (χ3v) is 2.82. The lowest BCUT2D eigenvalue weighted by Gasteiger charge is -2.19. The highest BCUT2D eigenvalue weighted by Crippen LogP contribution is 2.28. The normalized spacial score (nSPS) is 20.2. The fourth-order valence-electron chi connectivity index (χ4n) is 2.04. The van der Waals surface area contributed by atoms with Gasteiger partial charge in [-0.3, -0.25) is 4.79 Å². The summed E-state index contributed by atoms with van der Waals surface area (Å²) in [6.07, 6.45) is 6.01. The lowest BCUT2D eigenvalue weighted by Crippen LogP contribution is -2.40. The van der Waals surface area contributed by atoms with Crippen LogP contribution in [0.25, 0.3) is 0 Å². The van der Waals surface area contributed by atoms with Crippen LogP contribution in [0, 0.1) is 5.92 Å². The predicted octanol–water partition coefficient (Wildman–Crippen LogP) is 0.982. The van der Waals surface area contributed by atoms with Crippen LogP contribution >= 0.6 is 0 Å². The van der Waals surface area contributed by atoms with Crippen molar-refractivity contribution < 1.29 is 4.79 Å². The highest BCUT2D eigenvalue weighted by Gasteiger charge is 2.22. The molecule has 0 aromatic heterocycles. The minimum atomic E-state index is -0.280. The van der Waals surface area contributed by atoms with Gasteiger partial charge in [0.2, 0.25) is 5.91 Å². The maximum absolute atomic E-state index is 11.4. The molecule has 1 aliphatic carbocycles. The van der Waals surface area contributed by atoms with Gasteiger partial charge in [-0.05, 0) is 12.3 Å². The van der Waals surface area contributed by atoms with Crippen LogP contribution in [0.5, 0.6) is 0 Å². The second kappa shape index (κ2) is 4.61. The molecule has 0 bridgehead atoms. The van der Waals surface area contributed by atoms with Gasteiger partial charge in [-0.1, -0.05) is 25.7 Å². The van der Waals surface area contributed by atoms with E-state index in [1.165, 1.54) is 25.7 Å². The summed E-state index contributed by atoms with van der Waals surface area (Å²) in [5, 5.41) is 0. The molecule has 13 heavy (non-hydrogen) atoms. The van der Waals surface area contributed by atoms with Gasteiger partial charge in [0, 0.05) is 14.1 Å². The van der Waals surface area contributed by atoms with E-state index < -0.39 is 0 Å². The first-order chi connectivity index (χ1) is 6.11. The summed E-state index contributed by atoms with van der Waals surface area (Å²) in [4.78, 5) is 13.0. The lowest BCUT2D eigenvalue weighted by atomic mass is 9.98. The number of likely N-dealkylation sites (N-methyl/N-ethyl adjacent to an activating group) is 1. The molecule has 0 aromatic carbocycles. The van der Waals surface area contributed by atoms with Crippen molar-refractivity contribution in [2.45, 2.75) is 38.1 Å². The summed E-state index contributed by atoms with van der Waals surface area (Å²) in [6, 6.07) is -0.280. The van der Waals surface area contributed by atoms with Crippen LogP contribution in [0.15, 0.2) is 0 Å². The van der Waals surface area contributed by atoms with Gasteiger partial charge in [0.1, 0.15) is 0 Å². The van der Waals surface area contributed by atoms with Crippen LogP contribution in [0.1, 0.15) is 32.1 Å². The van der Waals surface area contributed by atoms with Crippen molar-refractivity contribution >= 4 is 5.91 Å². The number of carbonyl (C=O) groups excluding carboxylic acids is 1. The predicted molar refractivity (Wildman–Crippen MR) is 53.2 cm³/mol. The summed E-state index contributed by atoms with van der Waals surface area (Å²) >= 11 is 0. The summed E-state index contributed by atoms with van der Waals surface area (Å²) in [6.45, 7) is 0. The molecule has 1 aliphatic rings. The molecule has 0 radical (unpaired) electrons. The van der Waals surface area contributed by atoms with E-state index in [4.69, 9.17) is 5.73 Å². The van der Waals surface area contributed by atoms with Gasteiger partial charge in [0.15, 0.2) is 0 Å². The Morgan fingerprint density at radius 1 is 1.46 bits per heavy atom. The molecule has 0 heterocycles. The van der Waals surface area contributed by atoms with Crippen molar-refractivity contribution in [1.29, 1.82) is 0 Å². The zero-order valence-electron chi connectivity index (χ0n) is 8.62. The Kier molecular flexibility index (Phi) is 3.72. The molecule has 3 nitrogen and oxygen atoms in total. The van der Waals surface area contributed by atoms with Gasteiger partial charge >= 0.3 is 0 Å². The standard InChI is InChI=1S/C10H20N2O/c1-12(2)10(13)9(11)7-8-5-3-4-6-8/h8-9H,3-7,11H2,1-2H3/t9-/m0/s1. The summed E-state index contributed by atoms with van der Waals surface area (Å²) < 4.78 is 0. The summed E-state index contributed by atoms with van der Waals surface area (Å²) in [5.74, 6) is 0.755. The Morgan fingerprint density at radius 2 is 2.00 bits per heavy atom. The molecule has 0 aliphatic heterocycles. The SMILES string of the molecule is CN(C)C(=O)[C@@H](N)CC1CCCC1. The largest absolute Gasteiger partial charge is 0.347 e. The van der Waals surface area contributed by atoms with E-state index in [0.717, 1.165) is 6.42 Å². The fourth-order valence-corrected chi connectivity index (χ4v) is 2.04. The number of rotatable bonds is 3. The van der Waals surface area contributed by atoms with Gasteiger partial charge in [-0.15, -0.1) is 0 Å². The highest BCUT2D eigenvalue weighted by molar-refractivity contribution is 5.81. The third-order valence-electron chi connectivity index (χ3n) is 2.82. The molecule has 1 fully saturated rings. The first kappa shape index (κ1) is 10.5. The maximum atomic E-state index is 11.4. The smallest absolute Gasteiger partial charge is 0.238 e. The van der Waals surface area contributed by atoms with Gasteiger partial charge in [0.05, 0.1) is 6.04 Å². The molecule has 1 amide bonds. The van der Waals surface area contributed by atoms with Crippen molar-refractivity contribution in [2.75, 3.05) is 14.1 Å². The van der Waals surface area contributed by atoms with Crippen molar-refractivity contribution in [3.8, 4) is 0 Å². The topological polar surface area (TPSA) is 46.3 Å². The summed E-state index contributed by atoms with van der Waals surface area (Å²) in [7, 11) is 3.52. The molecule has 76 valence electrons. The minimum Gasteiger partial charge on any atom is -0.347 e. The van der Waals surface area contributed by atoms with E-state index in [1.54, 1.807) is 19.0 Å². The second-order valence-electron chi connectivity index (χ2n) is 4.23. The average molecular weight is 184 g/mol. The van der Waals surface area contributed by atoms with Crippen LogP contribution in [0.4, 0.5) is 0 Å². The van der Waals surface area contributed by atoms with E-state index >= 15 is 0 Å². The molecule has 0 spiro atoms. The number of nitrogens with zero attached hydrogens (tertiary/aromatic N) is 1. The Morgan fingerprint density at radius 3 is 2.46 bits per heavy atom. The van der Waals surface area contributed by atoms with Crippen molar-refractivity contribution in [3.05, 3.63) is 0 Å². The van der Waals surface area contributed by atoms with E-state index in [1.807, 2.05) is 0 Å². The Balaban J connectivity index is 2.31. The highest BCUT2D eigenvalue weighted by atomic mass is 16.2. The third kappa shape index (κ3) is 2.99. The maximum Gasteiger partial charge on any atom is 0.238 e. The van der Waals surface area contributed by atoms with E-state index in [-0.39, 0.29) is 11.9 Å². The number of amides is 1. The quantitative estimate of drug-likeness (QED) is 0.710. The molecule has 0 saturated heterocycles. The lowest BCUT2D eigenvalue weighted by molar-refractivity contribution is -0.130. The molecule has 0 unspecified atom stereocenters.